The number of rotatable bonds is 5. The Bertz CT molecular complexity index is 1180. The van der Waals surface area contributed by atoms with Crippen LogP contribution in [0.5, 0.6) is 5.75 Å². The van der Waals surface area contributed by atoms with Crippen LogP contribution in [-0.2, 0) is 0 Å². The Labute approximate surface area is 174 Å². The van der Waals surface area contributed by atoms with E-state index in [1.807, 2.05) is 60.7 Å². The molecule has 1 aliphatic rings. The molecule has 2 heterocycles. The fraction of sp³-hybridized carbons (Fsp3) is 0.208. The lowest BCUT2D eigenvalue weighted by Gasteiger charge is -2.14. The number of aromatic nitrogens is 3. The van der Waals surface area contributed by atoms with E-state index in [0.717, 1.165) is 29.8 Å². The van der Waals surface area contributed by atoms with Crippen molar-refractivity contribution in [3.63, 3.8) is 0 Å². The number of nitrogens with one attached hydrogen (secondary N) is 1. The second-order valence-electron chi connectivity index (χ2n) is 7.50. The third-order valence-electron chi connectivity index (χ3n) is 5.41. The maximum Gasteiger partial charge on any atom is 0.261 e. The monoisotopic (exact) mass is 398 g/mol. The SMILES string of the molecule is O=C(Nc1cccc(OC2CCCC2)c1)c1cnn2c(-c3ccccc3)ccnc12. The maximum atomic E-state index is 12.9. The van der Waals surface area contributed by atoms with Gasteiger partial charge in [0.1, 0.15) is 11.3 Å². The number of anilines is 1. The molecule has 6 heteroatoms. The molecule has 0 radical (unpaired) electrons. The fourth-order valence-electron chi connectivity index (χ4n) is 3.92. The molecule has 0 unspecified atom stereocenters. The number of nitrogens with zero attached hydrogens (tertiary/aromatic N) is 3. The third kappa shape index (κ3) is 3.64. The quantitative estimate of drug-likeness (QED) is 0.515. The van der Waals surface area contributed by atoms with E-state index in [0.29, 0.717) is 16.9 Å². The number of benzene rings is 2. The lowest BCUT2D eigenvalue weighted by atomic mass is 10.1. The van der Waals surface area contributed by atoms with Gasteiger partial charge in [-0.05, 0) is 43.9 Å². The summed E-state index contributed by atoms with van der Waals surface area (Å²) in [5.41, 5.74) is 3.53. The van der Waals surface area contributed by atoms with Gasteiger partial charge in [-0.1, -0.05) is 36.4 Å². The molecule has 5 rings (SSSR count). The maximum absolute atomic E-state index is 12.9. The Balaban J connectivity index is 1.39. The van der Waals surface area contributed by atoms with Gasteiger partial charge in [-0.3, -0.25) is 4.79 Å². The number of fused-ring (bicyclic) bond motifs is 1. The van der Waals surface area contributed by atoms with E-state index in [-0.39, 0.29) is 12.0 Å². The molecule has 0 aliphatic heterocycles. The lowest BCUT2D eigenvalue weighted by molar-refractivity contribution is 0.102. The van der Waals surface area contributed by atoms with Crippen LogP contribution in [0.25, 0.3) is 16.9 Å². The minimum absolute atomic E-state index is 0.249. The van der Waals surface area contributed by atoms with Gasteiger partial charge in [0.2, 0.25) is 0 Å². The molecular weight excluding hydrogens is 376 g/mol. The summed E-state index contributed by atoms with van der Waals surface area (Å²) in [7, 11) is 0. The second-order valence-corrected chi connectivity index (χ2v) is 7.50. The van der Waals surface area contributed by atoms with Gasteiger partial charge in [-0.25, -0.2) is 9.50 Å². The molecular formula is C24H22N4O2. The summed E-state index contributed by atoms with van der Waals surface area (Å²) < 4.78 is 7.74. The van der Waals surface area contributed by atoms with Crippen molar-refractivity contribution in [3.8, 4) is 17.0 Å². The molecule has 1 N–H and O–H groups in total. The van der Waals surface area contributed by atoms with E-state index >= 15 is 0 Å². The molecule has 1 fully saturated rings. The number of ether oxygens (including phenoxy) is 1. The average Bonchev–Trinajstić information content (AvgIpc) is 3.44. The van der Waals surface area contributed by atoms with Crippen LogP contribution >= 0.6 is 0 Å². The average molecular weight is 398 g/mol. The summed E-state index contributed by atoms with van der Waals surface area (Å²) >= 11 is 0. The van der Waals surface area contributed by atoms with Gasteiger partial charge in [0, 0.05) is 23.5 Å². The largest absolute Gasteiger partial charge is 0.490 e. The molecule has 0 spiro atoms. The van der Waals surface area contributed by atoms with Crippen molar-refractivity contribution in [2.75, 3.05) is 5.32 Å². The number of carbonyl (C=O) groups is 1. The first-order chi connectivity index (χ1) is 14.8. The van der Waals surface area contributed by atoms with E-state index in [9.17, 15) is 4.79 Å². The normalized spacial score (nSPS) is 14.1. The molecule has 0 bridgehead atoms. The highest BCUT2D eigenvalue weighted by Crippen LogP contribution is 2.26. The highest BCUT2D eigenvalue weighted by atomic mass is 16.5. The number of hydrogen-bond acceptors (Lipinski definition) is 4. The van der Waals surface area contributed by atoms with Gasteiger partial charge in [-0.15, -0.1) is 0 Å². The number of amides is 1. The Morgan fingerprint density at radius 1 is 1.03 bits per heavy atom. The predicted molar refractivity (Wildman–Crippen MR) is 116 cm³/mol. The van der Waals surface area contributed by atoms with Gasteiger partial charge >= 0.3 is 0 Å². The zero-order chi connectivity index (χ0) is 20.3. The first-order valence-corrected chi connectivity index (χ1v) is 10.2. The minimum Gasteiger partial charge on any atom is -0.490 e. The van der Waals surface area contributed by atoms with Crippen molar-refractivity contribution in [2.45, 2.75) is 31.8 Å². The van der Waals surface area contributed by atoms with Crippen LogP contribution in [0.4, 0.5) is 5.69 Å². The molecule has 0 atom stereocenters. The van der Waals surface area contributed by atoms with Crippen LogP contribution in [0.2, 0.25) is 0 Å². The van der Waals surface area contributed by atoms with Crippen LogP contribution in [0.15, 0.2) is 73.1 Å². The summed E-state index contributed by atoms with van der Waals surface area (Å²) in [6.45, 7) is 0. The van der Waals surface area contributed by atoms with E-state index in [4.69, 9.17) is 4.74 Å². The summed E-state index contributed by atoms with van der Waals surface area (Å²) in [6.07, 6.45) is 8.15. The Morgan fingerprint density at radius 3 is 2.70 bits per heavy atom. The molecule has 30 heavy (non-hydrogen) atoms. The molecule has 2 aromatic heterocycles. The molecule has 1 amide bonds. The van der Waals surface area contributed by atoms with Crippen molar-refractivity contribution in [1.82, 2.24) is 14.6 Å². The molecule has 0 saturated heterocycles. The van der Waals surface area contributed by atoms with Crippen LogP contribution in [0.3, 0.4) is 0 Å². The summed E-state index contributed by atoms with van der Waals surface area (Å²) in [5, 5.41) is 7.36. The van der Waals surface area contributed by atoms with Gasteiger partial charge in [0.05, 0.1) is 18.0 Å². The van der Waals surface area contributed by atoms with Crippen molar-refractivity contribution in [3.05, 3.63) is 78.6 Å². The molecule has 2 aromatic carbocycles. The van der Waals surface area contributed by atoms with Crippen LogP contribution < -0.4 is 10.1 Å². The first kappa shape index (κ1) is 18.4. The van der Waals surface area contributed by atoms with Crippen molar-refractivity contribution >= 4 is 17.2 Å². The Kier molecular flexibility index (Phi) is 4.89. The van der Waals surface area contributed by atoms with E-state index < -0.39 is 0 Å². The molecule has 6 nitrogen and oxygen atoms in total. The van der Waals surface area contributed by atoms with Gasteiger partial charge in [0.25, 0.3) is 5.91 Å². The van der Waals surface area contributed by atoms with Gasteiger partial charge in [0.15, 0.2) is 5.65 Å². The van der Waals surface area contributed by atoms with E-state index in [1.165, 1.54) is 12.8 Å². The highest BCUT2D eigenvalue weighted by molar-refractivity contribution is 6.08. The van der Waals surface area contributed by atoms with E-state index in [2.05, 4.69) is 15.4 Å². The van der Waals surface area contributed by atoms with Gasteiger partial charge < -0.3 is 10.1 Å². The molecule has 150 valence electrons. The summed E-state index contributed by atoms with van der Waals surface area (Å²) in [6, 6.07) is 19.4. The fourth-order valence-corrected chi connectivity index (χ4v) is 3.92. The van der Waals surface area contributed by atoms with E-state index in [1.54, 1.807) is 16.9 Å². The Hall–Kier alpha value is -3.67. The number of carbonyl (C=O) groups excluding carboxylic acids is 1. The van der Waals surface area contributed by atoms with Gasteiger partial charge in [-0.2, -0.15) is 5.10 Å². The lowest BCUT2D eigenvalue weighted by Crippen LogP contribution is -2.13. The van der Waals surface area contributed by atoms with Crippen molar-refractivity contribution in [2.24, 2.45) is 0 Å². The third-order valence-corrected chi connectivity index (χ3v) is 5.41. The first-order valence-electron chi connectivity index (χ1n) is 10.2. The standard InChI is InChI=1S/C24H22N4O2/c29-24(27-18-9-6-12-20(15-18)30-19-10-4-5-11-19)21-16-26-28-22(13-14-25-23(21)28)17-7-2-1-3-8-17/h1-3,6-9,12-16,19H,4-5,10-11H2,(H,27,29). The highest BCUT2D eigenvalue weighted by Gasteiger charge is 2.18. The second kappa shape index (κ2) is 7.99. The topological polar surface area (TPSA) is 68.5 Å². The van der Waals surface area contributed by atoms with Crippen molar-refractivity contribution < 1.29 is 9.53 Å². The molecule has 4 aromatic rings. The van der Waals surface area contributed by atoms with Crippen LogP contribution in [-0.4, -0.2) is 26.6 Å². The molecule has 1 saturated carbocycles. The van der Waals surface area contributed by atoms with Crippen molar-refractivity contribution in [1.29, 1.82) is 0 Å². The summed E-state index contributed by atoms with van der Waals surface area (Å²) in [5.74, 6) is 0.532. The predicted octanol–water partition coefficient (Wildman–Crippen LogP) is 4.97. The summed E-state index contributed by atoms with van der Waals surface area (Å²) in [4.78, 5) is 17.3. The zero-order valence-corrected chi connectivity index (χ0v) is 16.5. The zero-order valence-electron chi connectivity index (χ0n) is 16.5. The van der Waals surface area contributed by atoms with Crippen LogP contribution in [0, 0.1) is 0 Å². The number of hydrogen-bond donors (Lipinski definition) is 1. The Morgan fingerprint density at radius 2 is 1.87 bits per heavy atom. The molecule has 1 aliphatic carbocycles. The van der Waals surface area contributed by atoms with Crippen LogP contribution in [0.1, 0.15) is 36.0 Å². The smallest absolute Gasteiger partial charge is 0.261 e. The minimum atomic E-state index is -0.249.